The molecule has 3 nitrogen and oxygen atoms in total. The molecule has 1 amide bonds. The number of nitrogens with zero attached hydrogens (tertiary/aromatic N) is 1. The first-order chi connectivity index (χ1) is 6.13. The molecule has 0 N–H and O–H groups in total. The minimum absolute atomic E-state index is 0.00242. The molecule has 0 aromatic carbocycles. The molecule has 1 heterocycles. The number of hydrogen-bond acceptors (Lipinski definition) is 3. The fourth-order valence-electron chi connectivity index (χ4n) is 1.01. The highest BCUT2D eigenvalue weighted by atomic mass is 32.1. The van der Waals surface area contributed by atoms with E-state index in [9.17, 15) is 4.79 Å². The van der Waals surface area contributed by atoms with E-state index < -0.39 is 0 Å². The van der Waals surface area contributed by atoms with Crippen molar-refractivity contribution in [2.24, 2.45) is 0 Å². The smallest absolute Gasteiger partial charge is 0.232 e. The van der Waals surface area contributed by atoms with Crippen molar-refractivity contribution >= 4 is 18.5 Å². The van der Waals surface area contributed by atoms with Crippen LogP contribution in [0, 0.1) is 6.92 Å². The van der Waals surface area contributed by atoms with Gasteiger partial charge in [-0.1, -0.05) is 0 Å². The van der Waals surface area contributed by atoms with E-state index in [-0.39, 0.29) is 11.7 Å². The third kappa shape index (κ3) is 2.81. The summed E-state index contributed by atoms with van der Waals surface area (Å²) in [6, 6.07) is 3.76. The quantitative estimate of drug-likeness (QED) is 0.748. The highest BCUT2D eigenvalue weighted by molar-refractivity contribution is 7.81. The van der Waals surface area contributed by atoms with Crippen molar-refractivity contribution in [1.82, 2.24) is 4.90 Å². The van der Waals surface area contributed by atoms with Crippen LogP contribution >= 0.6 is 12.6 Å². The molecule has 0 fully saturated rings. The summed E-state index contributed by atoms with van der Waals surface area (Å²) in [4.78, 5) is 12.7. The molecule has 0 unspecified atom stereocenters. The molecule has 0 radical (unpaired) electrons. The SMILES string of the molecule is Cc1ccc(CN(C)C(=O)CS)o1. The molecule has 72 valence electrons. The van der Waals surface area contributed by atoms with Crippen LogP contribution in [-0.2, 0) is 11.3 Å². The number of furan rings is 1. The first-order valence-corrected chi connectivity index (χ1v) is 4.67. The molecule has 0 saturated heterocycles. The van der Waals surface area contributed by atoms with Crippen LogP contribution < -0.4 is 0 Å². The average molecular weight is 199 g/mol. The van der Waals surface area contributed by atoms with Crippen molar-refractivity contribution in [3.63, 3.8) is 0 Å². The van der Waals surface area contributed by atoms with Crippen LogP contribution in [-0.4, -0.2) is 23.6 Å². The number of carbonyl (C=O) groups excluding carboxylic acids is 1. The summed E-state index contributed by atoms with van der Waals surface area (Å²) >= 11 is 3.90. The maximum absolute atomic E-state index is 11.1. The van der Waals surface area contributed by atoms with Crippen LogP contribution in [0.15, 0.2) is 16.5 Å². The Balaban J connectivity index is 2.54. The minimum Gasteiger partial charge on any atom is -0.464 e. The fraction of sp³-hybridized carbons (Fsp3) is 0.444. The monoisotopic (exact) mass is 199 g/mol. The maximum Gasteiger partial charge on any atom is 0.232 e. The lowest BCUT2D eigenvalue weighted by Gasteiger charge is -2.13. The molecule has 13 heavy (non-hydrogen) atoms. The van der Waals surface area contributed by atoms with Crippen LogP contribution in [0.2, 0.25) is 0 Å². The molecule has 4 heteroatoms. The van der Waals surface area contributed by atoms with Gasteiger partial charge in [-0.05, 0) is 19.1 Å². The standard InChI is InChI=1S/C9H13NO2S/c1-7-3-4-8(12-7)5-10(2)9(11)6-13/h3-4,13H,5-6H2,1-2H3. The normalized spacial score (nSPS) is 10.1. The van der Waals surface area contributed by atoms with E-state index in [4.69, 9.17) is 4.42 Å². The Morgan fingerprint density at radius 3 is 2.77 bits per heavy atom. The van der Waals surface area contributed by atoms with E-state index in [1.165, 1.54) is 0 Å². The van der Waals surface area contributed by atoms with Crippen LogP contribution in [0.1, 0.15) is 11.5 Å². The Labute approximate surface area is 83.1 Å². The molecule has 0 aliphatic heterocycles. The number of hydrogen-bond donors (Lipinski definition) is 1. The Morgan fingerprint density at radius 1 is 1.62 bits per heavy atom. The zero-order valence-corrected chi connectivity index (χ0v) is 8.67. The molecule has 0 atom stereocenters. The van der Waals surface area contributed by atoms with Crippen molar-refractivity contribution in [1.29, 1.82) is 0 Å². The zero-order valence-electron chi connectivity index (χ0n) is 7.78. The third-order valence-corrected chi connectivity index (χ3v) is 2.02. The van der Waals surface area contributed by atoms with Gasteiger partial charge in [-0.3, -0.25) is 4.79 Å². The van der Waals surface area contributed by atoms with E-state index in [1.807, 2.05) is 19.1 Å². The van der Waals surface area contributed by atoms with E-state index in [0.29, 0.717) is 6.54 Å². The van der Waals surface area contributed by atoms with Crippen molar-refractivity contribution in [2.45, 2.75) is 13.5 Å². The lowest BCUT2D eigenvalue weighted by molar-refractivity contribution is -0.127. The topological polar surface area (TPSA) is 33.5 Å². The van der Waals surface area contributed by atoms with Gasteiger partial charge >= 0.3 is 0 Å². The van der Waals surface area contributed by atoms with Gasteiger partial charge in [0.25, 0.3) is 0 Å². The zero-order chi connectivity index (χ0) is 9.84. The molecule has 1 aromatic rings. The van der Waals surface area contributed by atoms with Crippen LogP contribution in [0.3, 0.4) is 0 Å². The summed E-state index contributed by atoms with van der Waals surface area (Å²) in [5.74, 6) is 1.89. The second-order valence-electron chi connectivity index (χ2n) is 2.92. The summed E-state index contributed by atoms with van der Waals surface area (Å²) in [7, 11) is 1.73. The van der Waals surface area contributed by atoms with Crippen molar-refractivity contribution in [2.75, 3.05) is 12.8 Å². The largest absolute Gasteiger partial charge is 0.464 e. The van der Waals surface area contributed by atoms with Gasteiger partial charge in [-0.25, -0.2) is 0 Å². The highest BCUT2D eigenvalue weighted by Crippen LogP contribution is 2.08. The molecule has 1 rings (SSSR count). The van der Waals surface area contributed by atoms with Gasteiger partial charge in [0.05, 0.1) is 12.3 Å². The molecule has 0 aliphatic rings. The average Bonchev–Trinajstić information content (AvgIpc) is 2.49. The lowest BCUT2D eigenvalue weighted by Crippen LogP contribution is -2.26. The summed E-state index contributed by atoms with van der Waals surface area (Å²) in [5.41, 5.74) is 0. The summed E-state index contributed by atoms with van der Waals surface area (Å²) in [6.45, 7) is 2.39. The predicted octanol–water partition coefficient (Wildman–Crippen LogP) is 1.48. The number of carbonyl (C=O) groups is 1. The second kappa shape index (κ2) is 4.37. The fourth-order valence-corrected chi connectivity index (χ4v) is 1.25. The van der Waals surface area contributed by atoms with Crippen molar-refractivity contribution in [3.05, 3.63) is 23.7 Å². The van der Waals surface area contributed by atoms with Gasteiger partial charge in [0.15, 0.2) is 0 Å². The number of aryl methyl sites for hydroxylation is 1. The molecule has 0 saturated carbocycles. The van der Waals surface area contributed by atoms with E-state index >= 15 is 0 Å². The summed E-state index contributed by atoms with van der Waals surface area (Å²) < 4.78 is 5.33. The lowest BCUT2D eigenvalue weighted by atomic mass is 10.4. The Bertz CT molecular complexity index is 296. The van der Waals surface area contributed by atoms with Gasteiger partial charge in [0.2, 0.25) is 5.91 Å². The number of thiol groups is 1. The van der Waals surface area contributed by atoms with E-state index in [0.717, 1.165) is 11.5 Å². The molecular formula is C9H13NO2S. The molecule has 0 spiro atoms. The molecule has 0 bridgehead atoms. The first-order valence-electron chi connectivity index (χ1n) is 4.03. The number of rotatable bonds is 3. The van der Waals surface area contributed by atoms with E-state index in [1.54, 1.807) is 11.9 Å². The van der Waals surface area contributed by atoms with Crippen molar-refractivity contribution < 1.29 is 9.21 Å². The summed E-state index contributed by atoms with van der Waals surface area (Å²) in [6.07, 6.45) is 0. The Hall–Kier alpha value is -0.900. The minimum atomic E-state index is -0.00242. The van der Waals surface area contributed by atoms with Crippen LogP contribution in [0.5, 0.6) is 0 Å². The molecule has 1 aromatic heterocycles. The van der Waals surface area contributed by atoms with Gasteiger partial charge < -0.3 is 9.32 Å². The summed E-state index contributed by atoms with van der Waals surface area (Å²) in [5, 5.41) is 0. The highest BCUT2D eigenvalue weighted by Gasteiger charge is 2.08. The van der Waals surface area contributed by atoms with Gasteiger partial charge in [-0.2, -0.15) is 12.6 Å². The maximum atomic E-state index is 11.1. The first kappa shape index (κ1) is 10.2. The van der Waals surface area contributed by atoms with Gasteiger partial charge in [-0.15, -0.1) is 0 Å². The Morgan fingerprint density at radius 2 is 2.31 bits per heavy atom. The van der Waals surface area contributed by atoms with Crippen LogP contribution in [0.4, 0.5) is 0 Å². The van der Waals surface area contributed by atoms with Crippen molar-refractivity contribution in [3.8, 4) is 0 Å². The van der Waals surface area contributed by atoms with E-state index in [2.05, 4.69) is 12.6 Å². The Kier molecular flexibility index (Phi) is 3.42. The molecular weight excluding hydrogens is 186 g/mol. The second-order valence-corrected chi connectivity index (χ2v) is 3.24. The van der Waals surface area contributed by atoms with Crippen LogP contribution in [0.25, 0.3) is 0 Å². The van der Waals surface area contributed by atoms with Gasteiger partial charge in [0, 0.05) is 7.05 Å². The number of amides is 1. The third-order valence-electron chi connectivity index (χ3n) is 1.75. The molecule has 0 aliphatic carbocycles. The van der Waals surface area contributed by atoms with Gasteiger partial charge in [0.1, 0.15) is 11.5 Å². The predicted molar refractivity (Wildman–Crippen MR) is 53.8 cm³/mol.